The number of halogens is 1. The molecule has 158 valence electrons. The molecule has 1 amide bonds. The quantitative estimate of drug-likeness (QED) is 0.259. The zero-order valence-corrected chi connectivity index (χ0v) is 20.2. The summed E-state index contributed by atoms with van der Waals surface area (Å²) in [4.78, 5) is 12.1. The molecule has 3 rings (SSSR count). The van der Waals surface area contributed by atoms with Crippen molar-refractivity contribution in [3.63, 3.8) is 0 Å². The molecule has 0 saturated heterocycles. The van der Waals surface area contributed by atoms with Crippen molar-refractivity contribution in [2.75, 3.05) is 31.4 Å². The fourth-order valence-corrected chi connectivity index (χ4v) is 2.41. The molecule has 7 nitrogen and oxygen atoms in total. The number of carbonyl (C=O) groups is 1. The molecule has 0 radical (unpaired) electrons. The number of hydrogen-bond donors (Lipinski definition) is 3. The van der Waals surface area contributed by atoms with E-state index in [1.54, 1.807) is 31.3 Å². The molecule has 1 heterocycles. The summed E-state index contributed by atoms with van der Waals surface area (Å²) in [6, 6.07) is 10.9. The van der Waals surface area contributed by atoms with Crippen LogP contribution in [0.15, 0.2) is 53.6 Å². The molecular weight excluding hydrogens is 424 g/mol. The second-order valence-corrected chi connectivity index (χ2v) is 5.90. The smallest absolute Gasteiger partial charge is 0.758 e. The first-order valence-corrected chi connectivity index (χ1v) is 8.66. The number of nitrogen functional groups attached to an aromatic ring is 1. The third-order valence-electron chi connectivity index (χ3n) is 3.75. The number of allylic oxidation sites excluding steroid dienone is 2. The Morgan fingerprint density at radius 1 is 1.32 bits per heavy atom. The number of rotatable bonds is 2. The number of hydrogen-bond acceptors (Lipinski definition) is 6. The third-order valence-corrected chi connectivity index (χ3v) is 3.75. The van der Waals surface area contributed by atoms with Crippen molar-refractivity contribution in [1.29, 1.82) is 0 Å². The van der Waals surface area contributed by atoms with E-state index in [2.05, 4.69) is 27.7 Å². The van der Waals surface area contributed by atoms with Crippen molar-refractivity contribution >= 4 is 29.1 Å². The number of nitrogens with zero attached hydrogens (tertiary/aromatic N) is 2. The molecule has 4 N–H and O–H groups in total. The first-order chi connectivity index (χ1) is 13.9. The van der Waals surface area contributed by atoms with Crippen LogP contribution in [0.3, 0.4) is 0 Å². The van der Waals surface area contributed by atoms with Crippen molar-refractivity contribution < 1.29 is 60.6 Å². The van der Waals surface area contributed by atoms with Gasteiger partial charge in [0, 0.05) is 22.5 Å². The molecule has 9 heteroatoms. The van der Waals surface area contributed by atoms with E-state index in [9.17, 15) is 14.4 Å². The van der Waals surface area contributed by atoms with Gasteiger partial charge >= 0.3 is 51.4 Å². The van der Waals surface area contributed by atoms with Gasteiger partial charge < -0.3 is 21.3 Å². The SMILES string of the molecule is C.CNCC#C/C=C1\C=NNC(=O)c2cc(N(C)[O-])cc(N)c21.Fc1ccccc1.[K+]. The van der Waals surface area contributed by atoms with Gasteiger partial charge in [0.15, 0.2) is 0 Å². The molecule has 0 atom stereocenters. The maximum atomic E-state index is 12.1. The Hall–Kier alpha value is -2.03. The number of benzene rings is 2. The second kappa shape index (κ2) is 14.9. The summed E-state index contributed by atoms with van der Waals surface area (Å²) in [6.07, 6.45) is 3.12. The molecule has 31 heavy (non-hydrogen) atoms. The summed E-state index contributed by atoms with van der Waals surface area (Å²) < 4.78 is 11.9. The maximum Gasteiger partial charge on any atom is 1.00 e. The number of hydrazone groups is 1. The topological polar surface area (TPSA) is 106 Å². The zero-order chi connectivity index (χ0) is 21.2. The van der Waals surface area contributed by atoms with Gasteiger partial charge in [-0.1, -0.05) is 37.5 Å². The standard InChI is InChI=1S/C15H16N5O2.C6H5F.CH4.K/c1-17-6-4-3-5-10-9-18-19-15(21)12-7-11(20(2)22)8-13(16)14(10)12;7-6-4-2-1-3-5-6;;/h5,7-9,17H,6,16H2,1-2H3,(H,19,21);1-5H;1H4;/q-1;;;+1/b10-5+;;;. The monoisotopic (exact) mass is 449 g/mol. The van der Waals surface area contributed by atoms with E-state index in [0.717, 1.165) is 0 Å². The Balaban J connectivity index is 0.000000854. The van der Waals surface area contributed by atoms with Crippen molar-refractivity contribution in [3.8, 4) is 11.8 Å². The van der Waals surface area contributed by atoms with Gasteiger partial charge in [-0.25, -0.2) is 9.82 Å². The van der Waals surface area contributed by atoms with Crippen molar-refractivity contribution in [3.05, 3.63) is 70.7 Å². The summed E-state index contributed by atoms with van der Waals surface area (Å²) in [7, 11) is 3.14. The Labute approximate surface area is 225 Å². The average molecular weight is 450 g/mol. The number of amides is 1. The van der Waals surface area contributed by atoms with Gasteiger partial charge in [0.25, 0.3) is 5.91 Å². The van der Waals surface area contributed by atoms with Crippen LogP contribution in [-0.4, -0.2) is 32.8 Å². The predicted molar refractivity (Wildman–Crippen MR) is 121 cm³/mol. The zero-order valence-electron chi connectivity index (χ0n) is 17.1. The van der Waals surface area contributed by atoms with Crippen LogP contribution in [0.2, 0.25) is 0 Å². The molecule has 1 aliphatic rings. The van der Waals surface area contributed by atoms with Gasteiger partial charge in [-0.05, 0) is 44.4 Å². The van der Waals surface area contributed by atoms with E-state index < -0.39 is 5.91 Å². The normalized spacial score (nSPS) is 12.4. The van der Waals surface area contributed by atoms with Crippen LogP contribution in [0.5, 0.6) is 0 Å². The van der Waals surface area contributed by atoms with Crippen LogP contribution in [0.4, 0.5) is 15.8 Å². The number of nitrogens with one attached hydrogen (secondary N) is 2. The molecular formula is C22H25FKN5O2. The maximum absolute atomic E-state index is 12.1. The Morgan fingerprint density at radius 2 is 2.00 bits per heavy atom. The summed E-state index contributed by atoms with van der Waals surface area (Å²) in [5.41, 5.74) is 10.4. The van der Waals surface area contributed by atoms with Crippen LogP contribution in [0.25, 0.3) is 5.57 Å². The van der Waals surface area contributed by atoms with Crippen LogP contribution < -0.4 is 72.9 Å². The van der Waals surface area contributed by atoms with Crippen LogP contribution in [-0.2, 0) is 0 Å². The Morgan fingerprint density at radius 3 is 2.55 bits per heavy atom. The van der Waals surface area contributed by atoms with E-state index in [0.29, 0.717) is 34.1 Å². The van der Waals surface area contributed by atoms with Crippen molar-refractivity contribution in [1.82, 2.24) is 10.7 Å². The summed E-state index contributed by atoms with van der Waals surface area (Å²) in [5.74, 6) is 5.16. The number of hydroxylamine groups is 1. The van der Waals surface area contributed by atoms with E-state index in [4.69, 9.17) is 5.73 Å². The van der Waals surface area contributed by atoms with Crippen LogP contribution in [0.1, 0.15) is 23.3 Å². The fourth-order valence-electron chi connectivity index (χ4n) is 2.41. The molecule has 0 aliphatic carbocycles. The van der Waals surface area contributed by atoms with Crippen molar-refractivity contribution in [2.24, 2.45) is 5.10 Å². The van der Waals surface area contributed by atoms with E-state index >= 15 is 0 Å². The predicted octanol–water partition coefficient (Wildman–Crippen LogP) is 0.00400. The molecule has 0 bridgehead atoms. The van der Waals surface area contributed by atoms with Gasteiger partial charge in [0.05, 0.1) is 18.3 Å². The first kappa shape index (κ1) is 29.0. The van der Waals surface area contributed by atoms with E-state index in [1.165, 1.54) is 37.5 Å². The Kier molecular flexibility index (Phi) is 13.9. The average Bonchev–Trinajstić information content (AvgIpc) is 2.85. The minimum absolute atomic E-state index is 0. The van der Waals surface area contributed by atoms with Gasteiger partial charge in [-0.15, -0.1) is 0 Å². The fraction of sp³-hybridized carbons (Fsp3) is 0.182. The van der Waals surface area contributed by atoms with Crippen LogP contribution >= 0.6 is 0 Å². The molecule has 0 saturated carbocycles. The summed E-state index contributed by atoms with van der Waals surface area (Å²) in [6.45, 7) is 0.542. The molecule has 0 aromatic heterocycles. The number of fused-ring (bicyclic) bond motifs is 1. The molecule has 0 fully saturated rings. The number of nitrogens with two attached hydrogens (primary N) is 1. The minimum Gasteiger partial charge on any atom is -0.758 e. The third kappa shape index (κ3) is 8.92. The minimum atomic E-state index is -0.423. The number of carbonyl (C=O) groups excluding carboxylic acids is 1. The number of anilines is 2. The van der Waals surface area contributed by atoms with Gasteiger partial charge in [-0.2, -0.15) is 5.10 Å². The second-order valence-electron chi connectivity index (χ2n) is 5.90. The molecule has 2 aromatic carbocycles. The Bertz CT molecular complexity index is 983. The summed E-state index contributed by atoms with van der Waals surface area (Å²) in [5, 5.41) is 18.8. The first-order valence-electron chi connectivity index (χ1n) is 8.66. The van der Waals surface area contributed by atoms with Gasteiger partial charge in [0.1, 0.15) is 5.82 Å². The van der Waals surface area contributed by atoms with Gasteiger partial charge in [0.2, 0.25) is 0 Å². The summed E-state index contributed by atoms with van der Waals surface area (Å²) >= 11 is 0. The van der Waals surface area contributed by atoms with Gasteiger partial charge in [-0.3, -0.25) is 4.79 Å². The molecule has 0 spiro atoms. The van der Waals surface area contributed by atoms with E-state index in [-0.39, 0.29) is 70.2 Å². The molecule has 0 unspecified atom stereocenters. The van der Waals surface area contributed by atoms with Crippen LogP contribution in [0, 0.1) is 22.9 Å². The van der Waals surface area contributed by atoms with Crippen molar-refractivity contribution in [2.45, 2.75) is 7.43 Å². The molecule has 2 aromatic rings. The van der Waals surface area contributed by atoms with E-state index in [1.807, 2.05) is 0 Å². The molecule has 1 aliphatic heterocycles. The largest absolute Gasteiger partial charge is 1.00 e.